The molecule has 1 aliphatic carbocycles. The summed E-state index contributed by atoms with van der Waals surface area (Å²) in [6.45, 7) is 4.18. The Morgan fingerprint density at radius 1 is 1.04 bits per heavy atom. The van der Waals surface area contributed by atoms with Crippen molar-refractivity contribution >= 4 is 34.2 Å². The number of halogens is 2. The van der Waals surface area contributed by atoms with E-state index in [9.17, 15) is 4.79 Å². The van der Waals surface area contributed by atoms with E-state index in [1.807, 2.05) is 0 Å². The number of rotatable bonds is 2. The van der Waals surface area contributed by atoms with Crippen LogP contribution in [0.3, 0.4) is 0 Å². The summed E-state index contributed by atoms with van der Waals surface area (Å²) in [5.41, 5.74) is 1.47. The van der Waals surface area contributed by atoms with Gasteiger partial charge in [0.05, 0.1) is 5.41 Å². The third kappa shape index (κ3) is 3.06. The van der Waals surface area contributed by atoms with Crippen LogP contribution in [0, 0.1) is 5.41 Å². The molecule has 2 saturated heterocycles. The fourth-order valence-electron chi connectivity index (χ4n) is 4.23. The molecule has 3 aliphatic rings. The first-order chi connectivity index (χ1) is 10.6. The Labute approximate surface area is 152 Å². The molecule has 1 N–H and O–H groups in total. The third-order valence-electron chi connectivity index (χ3n) is 6.00. The first kappa shape index (κ1) is 17.2. The third-order valence-corrected chi connectivity index (χ3v) is 6.53. The van der Waals surface area contributed by atoms with Crippen LogP contribution in [0.5, 0.6) is 0 Å². The Bertz CT molecular complexity index is 569. The van der Waals surface area contributed by atoms with E-state index in [0.717, 1.165) is 43.5 Å². The summed E-state index contributed by atoms with van der Waals surface area (Å²) in [4.78, 5) is 15.2. The van der Waals surface area contributed by atoms with Crippen molar-refractivity contribution in [1.29, 1.82) is 0 Å². The molecule has 1 amide bonds. The zero-order chi connectivity index (χ0) is 15.2. The van der Waals surface area contributed by atoms with Crippen LogP contribution in [-0.2, 0) is 10.2 Å². The largest absolute Gasteiger partial charge is 0.342 e. The number of hydrogen-bond acceptors (Lipinski definition) is 2. The van der Waals surface area contributed by atoms with Crippen molar-refractivity contribution in [2.24, 2.45) is 5.41 Å². The average molecular weight is 400 g/mol. The summed E-state index contributed by atoms with van der Waals surface area (Å²) >= 11 is 3.48. The summed E-state index contributed by atoms with van der Waals surface area (Å²) in [6, 6.07) is 8.33. The van der Waals surface area contributed by atoms with Crippen molar-refractivity contribution < 1.29 is 4.79 Å². The lowest BCUT2D eigenvalue weighted by Crippen LogP contribution is -2.47. The lowest BCUT2D eigenvalue weighted by atomic mass is 9.77. The molecule has 1 aromatic carbocycles. The standard InChI is InChI=1S/C18H23BrN2O.ClH/c19-15-3-1-14(2-4-15)18(5-6-18)16(22)21-11-8-17(9-12-21)7-10-20-13-17;/h1-4,20H,5-13H2;1H. The number of carbonyl (C=O) groups excluding carboxylic acids is 1. The highest BCUT2D eigenvalue weighted by Crippen LogP contribution is 2.50. The van der Waals surface area contributed by atoms with Crippen LogP contribution >= 0.6 is 28.3 Å². The highest BCUT2D eigenvalue weighted by Gasteiger charge is 2.53. The summed E-state index contributed by atoms with van der Waals surface area (Å²) in [6.07, 6.45) is 5.64. The Morgan fingerprint density at radius 3 is 2.22 bits per heavy atom. The molecule has 2 heterocycles. The van der Waals surface area contributed by atoms with Gasteiger partial charge in [-0.05, 0) is 61.8 Å². The van der Waals surface area contributed by atoms with Crippen molar-refractivity contribution in [2.75, 3.05) is 26.2 Å². The van der Waals surface area contributed by atoms with E-state index in [4.69, 9.17) is 0 Å². The molecule has 0 bridgehead atoms. The number of hydrogen-bond donors (Lipinski definition) is 1. The summed E-state index contributed by atoms with van der Waals surface area (Å²) < 4.78 is 1.08. The maximum atomic E-state index is 13.1. The van der Waals surface area contributed by atoms with Gasteiger partial charge in [-0.1, -0.05) is 28.1 Å². The van der Waals surface area contributed by atoms with E-state index in [1.165, 1.54) is 24.8 Å². The van der Waals surface area contributed by atoms with Crippen LogP contribution in [0.4, 0.5) is 0 Å². The van der Waals surface area contributed by atoms with E-state index >= 15 is 0 Å². The summed E-state index contributed by atoms with van der Waals surface area (Å²) in [5, 5.41) is 3.49. The highest BCUT2D eigenvalue weighted by atomic mass is 79.9. The quantitative estimate of drug-likeness (QED) is 0.825. The van der Waals surface area contributed by atoms with Crippen molar-refractivity contribution in [3.63, 3.8) is 0 Å². The molecule has 1 saturated carbocycles. The molecule has 4 rings (SSSR count). The summed E-state index contributed by atoms with van der Waals surface area (Å²) in [5.74, 6) is 0.371. The summed E-state index contributed by atoms with van der Waals surface area (Å²) in [7, 11) is 0. The predicted molar refractivity (Wildman–Crippen MR) is 98.0 cm³/mol. The van der Waals surface area contributed by atoms with Crippen LogP contribution in [0.1, 0.15) is 37.7 Å². The van der Waals surface area contributed by atoms with E-state index in [0.29, 0.717) is 11.3 Å². The number of piperidine rings is 1. The lowest BCUT2D eigenvalue weighted by Gasteiger charge is -2.40. The lowest BCUT2D eigenvalue weighted by molar-refractivity contribution is -0.136. The molecule has 0 radical (unpaired) electrons. The smallest absolute Gasteiger partial charge is 0.233 e. The number of amides is 1. The first-order valence-electron chi connectivity index (χ1n) is 8.40. The molecule has 1 spiro atoms. The van der Waals surface area contributed by atoms with Crippen molar-refractivity contribution in [3.8, 4) is 0 Å². The van der Waals surface area contributed by atoms with Crippen molar-refractivity contribution in [2.45, 2.75) is 37.5 Å². The number of nitrogens with zero attached hydrogens (tertiary/aromatic N) is 1. The van der Waals surface area contributed by atoms with Gasteiger partial charge in [0.1, 0.15) is 0 Å². The van der Waals surface area contributed by atoms with E-state index in [-0.39, 0.29) is 17.8 Å². The molecular formula is C18H24BrClN2O. The molecule has 0 unspecified atom stereocenters. The van der Waals surface area contributed by atoms with Gasteiger partial charge >= 0.3 is 0 Å². The molecule has 126 valence electrons. The molecular weight excluding hydrogens is 376 g/mol. The molecule has 0 aromatic heterocycles. The fourth-order valence-corrected chi connectivity index (χ4v) is 4.49. The Kier molecular flexibility index (Phi) is 4.78. The minimum absolute atomic E-state index is 0. The van der Waals surface area contributed by atoms with Gasteiger partial charge in [-0.15, -0.1) is 12.4 Å². The van der Waals surface area contributed by atoms with Gasteiger partial charge < -0.3 is 10.2 Å². The molecule has 5 heteroatoms. The van der Waals surface area contributed by atoms with Gasteiger partial charge in [0.25, 0.3) is 0 Å². The molecule has 2 aliphatic heterocycles. The minimum atomic E-state index is -0.209. The number of likely N-dealkylation sites (tertiary alicyclic amines) is 1. The van der Waals surface area contributed by atoms with Gasteiger partial charge in [-0.3, -0.25) is 4.79 Å². The number of nitrogens with one attached hydrogen (secondary N) is 1. The van der Waals surface area contributed by atoms with Gasteiger partial charge in [-0.2, -0.15) is 0 Å². The maximum absolute atomic E-state index is 13.1. The molecule has 0 atom stereocenters. The molecule has 3 nitrogen and oxygen atoms in total. The topological polar surface area (TPSA) is 32.3 Å². The molecule has 3 fully saturated rings. The fraction of sp³-hybridized carbons (Fsp3) is 0.611. The first-order valence-corrected chi connectivity index (χ1v) is 9.19. The minimum Gasteiger partial charge on any atom is -0.342 e. The molecule has 1 aromatic rings. The Hall–Kier alpha value is -0.580. The monoisotopic (exact) mass is 398 g/mol. The van der Waals surface area contributed by atoms with Gasteiger partial charge in [0.15, 0.2) is 0 Å². The predicted octanol–water partition coefficient (Wildman–Crippen LogP) is 3.50. The Balaban J connectivity index is 0.00000156. The van der Waals surface area contributed by atoms with Crippen LogP contribution in [0.15, 0.2) is 28.7 Å². The van der Waals surface area contributed by atoms with Crippen LogP contribution < -0.4 is 5.32 Å². The maximum Gasteiger partial charge on any atom is 0.233 e. The van der Waals surface area contributed by atoms with Crippen LogP contribution in [-0.4, -0.2) is 37.0 Å². The van der Waals surface area contributed by atoms with Gasteiger partial charge in [0.2, 0.25) is 5.91 Å². The van der Waals surface area contributed by atoms with Crippen molar-refractivity contribution in [1.82, 2.24) is 10.2 Å². The number of carbonyl (C=O) groups is 1. The second kappa shape index (κ2) is 6.38. The SMILES string of the molecule is Cl.O=C(N1CCC2(CCNC2)CC1)C1(c2ccc(Br)cc2)CC1. The van der Waals surface area contributed by atoms with Crippen LogP contribution in [0.25, 0.3) is 0 Å². The van der Waals surface area contributed by atoms with Crippen LogP contribution in [0.2, 0.25) is 0 Å². The zero-order valence-electron chi connectivity index (χ0n) is 13.3. The van der Waals surface area contributed by atoms with Crippen molar-refractivity contribution in [3.05, 3.63) is 34.3 Å². The molecule has 23 heavy (non-hydrogen) atoms. The number of benzene rings is 1. The van der Waals surface area contributed by atoms with Gasteiger partial charge in [0, 0.05) is 24.1 Å². The zero-order valence-corrected chi connectivity index (χ0v) is 15.7. The second-order valence-corrected chi connectivity index (χ2v) is 8.22. The normalized spacial score (nSPS) is 24.3. The van der Waals surface area contributed by atoms with E-state index < -0.39 is 0 Å². The average Bonchev–Trinajstić information content (AvgIpc) is 3.24. The van der Waals surface area contributed by atoms with Gasteiger partial charge in [-0.25, -0.2) is 0 Å². The highest BCUT2D eigenvalue weighted by molar-refractivity contribution is 9.10. The van der Waals surface area contributed by atoms with E-state index in [2.05, 4.69) is 50.4 Å². The Morgan fingerprint density at radius 2 is 1.70 bits per heavy atom. The second-order valence-electron chi connectivity index (χ2n) is 7.31. The van der Waals surface area contributed by atoms with E-state index in [1.54, 1.807) is 0 Å².